The Morgan fingerprint density at radius 2 is 1.93 bits per heavy atom. The maximum absolute atomic E-state index is 12.1. The molecule has 134 valence electrons. The zero-order valence-corrected chi connectivity index (χ0v) is 15.1. The second-order valence-electron chi connectivity index (χ2n) is 5.78. The van der Waals surface area contributed by atoms with Gasteiger partial charge in [-0.25, -0.2) is 9.78 Å². The molecule has 0 atom stereocenters. The lowest BCUT2D eigenvalue weighted by Crippen LogP contribution is -2.28. The van der Waals surface area contributed by atoms with Crippen LogP contribution in [0.1, 0.15) is 5.56 Å². The van der Waals surface area contributed by atoms with E-state index in [2.05, 4.69) is 20.6 Å². The molecule has 0 radical (unpaired) electrons. The summed E-state index contributed by atoms with van der Waals surface area (Å²) in [7, 11) is 0. The molecular formula is C20H16N4O2S. The number of pyridine rings is 1. The third-order valence-electron chi connectivity index (χ3n) is 3.89. The third kappa shape index (κ3) is 4.21. The van der Waals surface area contributed by atoms with Crippen molar-refractivity contribution in [3.05, 3.63) is 78.2 Å². The zero-order chi connectivity index (χ0) is 18.5. The number of carbonyl (C=O) groups excluding carboxylic acids is 1. The fourth-order valence-corrected chi connectivity index (χ4v) is 3.22. The number of amides is 2. The molecule has 0 aliphatic rings. The Morgan fingerprint density at radius 3 is 2.67 bits per heavy atom. The molecule has 2 amide bonds. The number of hydrogen-bond acceptors (Lipinski definition) is 5. The number of nitrogens with one attached hydrogen (secondary N) is 2. The molecule has 0 spiro atoms. The maximum Gasteiger partial charge on any atom is 0.321 e. The van der Waals surface area contributed by atoms with Crippen LogP contribution >= 0.6 is 11.3 Å². The minimum atomic E-state index is -0.303. The van der Waals surface area contributed by atoms with Gasteiger partial charge in [0.1, 0.15) is 0 Å². The van der Waals surface area contributed by atoms with Crippen molar-refractivity contribution in [3.63, 3.8) is 0 Å². The normalized spacial score (nSPS) is 10.5. The Hall–Kier alpha value is -3.45. The number of aromatic nitrogens is 2. The van der Waals surface area contributed by atoms with Gasteiger partial charge in [-0.2, -0.15) is 0 Å². The van der Waals surface area contributed by atoms with Gasteiger partial charge in [-0.1, -0.05) is 36.4 Å². The Morgan fingerprint density at radius 1 is 1.04 bits per heavy atom. The van der Waals surface area contributed by atoms with Crippen LogP contribution in [-0.4, -0.2) is 16.0 Å². The predicted molar refractivity (Wildman–Crippen MR) is 105 cm³/mol. The van der Waals surface area contributed by atoms with Gasteiger partial charge in [-0.3, -0.25) is 10.3 Å². The summed E-state index contributed by atoms with van der Waals surface area (Å²) in [6, 6.07) is 15.2. The average molecular weight is 376 g/mol. The van der Waals surface area contributed by atoms with Crippen molar-refractivity contribution in [3.8, 4) is 22.5 Å². The molecule has 0 fully saturated rings. The number of thiazole rings is 1. The lowest BCUT2D eigenvalue weighted by Gasteiger charge is -2.06. The van der Waals surface area contributed by atoms with Gasteiger partial charge in [0.25, 0.3) is 0 Å². The van der Waals surface area contributed by atoms with Crippen molar-refractivity contribution in [2.45, 2.75) is 6.54 Å². The average Bonchev–Trinajstić information content (AvgIpc) is 3.40. The molecule has 0 aliphatic carbocycles. The number of urea groups is 1. The topological polar surface area (TPSA) is 80.0 Å². The first-order valence-corrected chi connectivity index (χ1v) is 9.19. The van der Waals surface area contributed by atoms with E-state index < -0.39 is 0 Å². The molecule has 0 unspecified atom stereocenters. The molecule has 0 aliphatic heterocycles. The van der Waals surface area contributed by atoms with Gasteiger partial charge in [0.05, 0.1) is 23.9 Å². The van der Waals surface area contributed by atoms with Crippen molar-refractivity contribution in [1.29, 1.82) is 0 Å². The summed E-state index contributed by atoms with van der Waals surface area (Å²) < 4.78 is 5.05. The van der Waals surface area contributed by atoms with E-state index >= 15 is 0 Å². The number of furan rings is 1. The fraction of sp³-hybridized carbons (Fsp3) is 0.0500. The molecule has 0 saturated carbocycles. The van der Waals surface area contributed by atoms with Crippen molar-refractivity contribution in [1.82, 2.24) is 15.3 Å². The molecule has 27 heavy (non-hydrogen) atoms. The number of benzene rings is 1. The zero-order valence-electron chi connectivity index (χ0n) is 14.3. The van der Waals surface area contributed by atoms with Crippen molar-refractivity contribution < 1.29 is 9.21 Å². The second kappa shape index (κ2) is 7.84. The van der Waals surface area contributed by atoms with E-state index in [4.69, 9.17) is 4.42 Å². The van der Waals surface area contributed by atoms with Crippen LogP contribution in [-0.2, 0) is 6.54 Å². The standard InChI is InChI=1S/C20H16N4O2S/c25-19(24-20-23-18(13-27-20)15-4-2-1-3-5-15)22-11-14-6-7-17(21-10-14)16-8-9-26-12-16/h1-10,12-13H,11H2,(H2,22,23,24,25). The van der Waals surface area contributed by atoms with Crippen molar-refractivity contribution >= 4 is 22.5 Å². The molecule has 6 nitrogen and oxygen atoms in total. The van der Waals surface area contributed by atoms with Gasteiger partial charge in [0.2, 0.25) is 0 Å². The smallest absolute Gasteiger partial charge is 0.321 e. The number of carbonyl (C=O) groups is 1. The first kappa shape index (κ1) is 17.0. The van der Waals surface area contributed by atoms with E-state index in [1.54, 1.807) is 18.7 Å². The van der Waals surface area contributed by atoms with Crippen LogP contribution in [0.15, 0.2) is 77.1 Å². The molecule has 7 heteroatoms. The van der Waals surface area contributed by atoms with E-state index in [-0.39, 0.29) is 6.03 Å². The van der Waals surface area contributed by atoms with E-state index in [0.717, 1.165) is 28.1 Å². The van der Waals surface area contributed by atoms with Crippen LogP contribution in [0.2, 0.25) is 0 Å². The van der Waals surface area contributed by atoms with E-state index in [9.17, 15) is 4.79 Å². The number of rotatable bonds is 5. The minimum absolute atomic E-state index is 0.303. The van der Waals surface area contributed by atoms with Crippen LogP contribution in [0.4, 0.5) is 9.93 Å². The molecule has 3 heterocycles. The Bertz CT molecular complexity index is 1010. The van der Waals surface area contributed by atoms with Gasteiger partial charge < -0.3 is 9.73 Å². The molecule has 3 aromatic heterocycles. The minimum Gasteiger partial charge on any atom is -0.472 e. The first-order chi connectivity index (χ1) is 13.3. The largest absolute Gasteiger partial charge is 0.472 e. The van der Waals surface area contributed by atoms with Crippen LogP contribution in [0, 0.1) is 0 Å². The predicted octanol–water partition coefficient (Wildman–Crippen LogP) is 4.79. The molecule has 0 saturated heterocycles. The lowest BCUT2D eigenvalue weighted by molar-refractivity contribution is 0.251. The quantitative estimate of drug-likeness (QED) is 0.525. The molecule has 1 aromatic carbocycles. The fourth-order valence-electron chi connectivity index (χ4n) is 2.51. The third-order valence-corrected chi connectivity index (χ3v) is 4.65. The highest BCUT2D eigenvalue weighted by molar-refractivity contribution is 7.14. The van der Waals surface area contributed by atoms with Crippen LogP contribution in [0.25, 0.3) is 22.5 Å². The summed E-state index contributed by atoms with van der Waals surface area (Å²) >= 11 is 1.39. The Labute approximate surface area is 159 Å². The second-order valence-corrected chi connectivity index (χ2v) is 6.63. The van der Waals surface area contributed by atoms with Gasteiger partial charge in [0, 0.05) is 29.2 Å². The number of anilines is 1. The summed E-state index contributed by atoms with van der Waals surface area (Å²) in [6.45, 7) is 0.376. The SMILES string of the molecule is O=C(NCc1ccc(-c2ccoc2)nc1)Nc1nc(-c2ccccc2)cs1. The van der Waals surface area contributed by atoms with Gasteiger partial charge in [0.15, 0.2) is 5.13 Å². The molecular weight excluding hydrogens is 360 g/mol. The van der Waals surface area contributed by atoms with Crippen molar-refractivity contribution in [2.75, 3.05) is 5.32 Å². The summed E-state index contributed by atoms with van der Waals surface area (Å²) in [5.41, 5.74) is 4.51. The molecule has 4 rings (SSSR count). The summed E-state index contributed by atoms with van der Waals surface area (Å²) in [6.07, 6.45) is 4.99. The van der Waals surface area contributed by atoms with Crippen molar-refractivity contribution in [2.24, 2.45) is 0 Å². The highest BCUT2D eigenvalue weighted by Crippen LogP contribution is 2.24. The Kier molecular flexibility index (Phi) is 4.93. The Balaban J connectivity index is 1.32. The summed E-state index contributed by atoms with van der Waals surface area (Å²) in [4.78, 5) is 20.9. The van der Waals surface area contributed by atoms with E-state index in [1.807, 2.05) is 53.9 Å². The highest BCUT2D eigenvalue weighted by Gasteiger charge is 2.08. The van der Waals surface area contributed by atoms with E-state index in [1.165, 1.54) is 11.3 Å². The van der Waals surface area contributed by atoms with Crippen LogP contribution < -0.4 is 10.6 Å². The van der Waals surface area contributed by atoms with Gasteiger partial charge >= 0.3 is 6.03 Å². The van der Waals surface area contributed by atoms with Gasteiger partial charge in [-0.05, 0) is 17.7 Å². The maximum atomic E-state index is 12.1. The van der Waals surface area contributed by atoms with Gasteiger partial charge in [-0.15, -0.1) is 11.3 Å². The molecule has 0 bridgehead atoms. The summed E-state index contributed by atoms with van der Waals surface area (Å²) in [5.74, 6) is 0. The van der Waals surface area contributed by atoms with Crippen LogP contribution in [0.3, 0.4) is 0 Å². The van der Waals surface area contributed by atoms with Crippen LogP contribution in [0.5, 0.6) is 0 Å². The summed E-state index contributed by atoms with van der Waals surface area (Å²) in [5, 5.41) is 8.04. The van der Waals surface area contributed by atoms with E-state index in [0.29, 0.717) is 11.7 Å². The first-order valence-electron chi connectivity index (χ1n) is 8.31. The molecule has 2 N–H and O–H groups in total. The lowest BCUT2D eigenvalue weighted by atomic mass is 10.2. The number of hydrogen-bond donors (Lipinski definition) is 2. The monoisotopic (exact) mass is 376 g/mol. The molecule has 4 aromatic rings. The number of nitrogens with zero attached hydrogens (tertiary/aromatic N) is 2. The highest BCUT2D eigenvalue weighted by atomic mass is 32.1.